The number of thioether (sulfide) groups is 1. The van der Waals surface area contributed by atoms with Gasteiger partial charge in [-0.15, -0.1) is 0 Å². The Kier molecular flexibility index (Phi) is 4.31. The van der Waals surface area contributed by atoms with Crippen molar-refractivity contribution < 1.29 is 4.74 Å². The summed E-state index contributed by atoms with van der Waals surface area (Å²) in [5.74, 6) is 2.53. The molecule has 0 aromatic carbocycles. The van der Waals surface area contributed by atoms with Gasteiger partial charge in [-0.05, 0) is 70.0 Å². The second-order valence-corrected chi connectivity index (χ2v) is 8.22. The summed E-state index contributed by atoms with van der Waals surface area (Å²) >= 11 is 2.07. The van der Waals surface area contributed by atoms with E-state index >= 15 is 0 Å². The van der Waals surface area contributed by atoms with E-state index in [-0.39, 0.29) is 11.0 Å². The highest BCUT2D eigenvalue weighted by molar-refractivity contribution is 7.99. The third kappa shape index (κ3) is 3.00. The van der Waals surface area contributed by atoms with E-state index in [0.717, 1.165) is 32.5 Å². The second kappa shape index (κ2) is 5.87. The van der Waals surface area contributed by atoms with Crippen molar-refractivity contribution in [2.45, 2.75) is 57.1 Å². The zero-order valence-corrected chi connectivity index (χ0v) is 13.4. The molecule has 1 atom stereocenters. The minimum absolute atomic E-state index is 0.0825. The highest BCUT2D eigenvalue weighted by atomic mass is 32.2. The minimum atomic E-state index is -0.0825. The first-order chi connectivity index (χ1) is 9.65. The largest absolute Gasteiger partial charge is 0.375 e. The molecule has 1 spiro atoms. The molecule has 1 unspecified atom stereocenters. The molecule has 0 bridgehead atoms. The number of likely N-dealkylation sites (tertiary alicyclic amines) is 1. The van der Waals surface area contributed by atoms with Gasteiger partial charge in [-0.2, -0.15) is 17.0 Å². The maximum absolute atomic E-state index is 9.25. The molecule has 0 N–H and O–H groups in total. The smallest absolute Gasteiger partial charge is 0.0713 e. The van der Waals surface area contributed by atoms with E-state index in [1.807, 2.05) is 0 Å². The number of nitriles is 1. The van der Waals surface area contributed by atoms with Gasteiger partial charge in [0.2, 0.25) is 0 Å². The Bertz CT molecular complexity index is 373. The van der Waals surface area contributed by atoms with Crippen LogP contribution < -0.4 is 0 Å². The molecule has 3 saturated heterocycles. The molecule has 3 heterocycles. The Hall–Kier alpha value is -0.240. The predicted octanol–water partition coefficient (Wildman–Crippen LogP) is 3.06. The summed E-state index contributed by atoms with van der Waals surface area (Å²) in [6.07, 6.45) is 6.93. The van der Waals surface area contributed by atoms with E-state index in [1.165, 1.54) is 37.2 Å². The summed E-state index contributed by atoms with van der Waals surface area (Å²) in [5.41, 5.74) is 0.102. The molecule has 0 aromatic rings. The summed E-state index contributed by atoms with van der Waals surface area (Å²) in [5, 5.41) is 9.25. The molecule has 3 rings (SSSR count). The number of rotatable bonds is 1. The SMILES string of the molecule is CC1(C#N)CCN(C2CCOC3(CCSCC3)C2)CC1. The Morgan fingerprint density at radius 1 is 1.20 bits per heavy atom. The van der Waals surface area contributed by atoms with Crippen LogP contribution in [0.4, 0.5) is 0 Å². The first-order valence-electron chi connectivity index (χ1n) is 8.02. The third-order valence-corrected chi connectivity index (χ3v) is 6.54. The number of nitrogens with zero attached hydrogens (tertiary/aromatic N) is 2. The molecular weight excluding hydrogens is 268 g/mol. The number of hydrogen-bond donors (Lipinski definition) is 0. The van der Waals surface area contributed by atoms with Gasteiger partial charge in [0.25, 0.3) is 0 Å². The Morgan fingerprint density at radius 2 is 1.90 bits per heavy atom. The van der Waals surface area contributed by atoms with Crippen LogP contribution in [0.5, 0.6) is 0 Å². The van der Waals surface area contributed by atoms with E-state index in [9.17, 15) is 5.26 Å². The average molecular weight is 294 g/mol. The number of piperidine rings is 1. The fraction of sp³-hybridized carbons (Fsp3) is 0.938. The molecule has 20 heavy (non-hydrogen) atoms. The molecule has 4 heteroatoms. The normalized spacial score (nSPS) is 33.7. The van der Waals surface area contributed by atoms with Gasteiger partial charge in [0.15, 0.2) is 0 Å². The van der Waals surface area contributed by atoms with Crippen molar-refractivity contribution in [1.29, 1.82) is 5.26 Å². The van der Waals surface area contributed by atoms with Gasteiger partial charge < -0.3 is 9.64 Å². The van der Waals surface area contributed by atoms with Crippen LogP contribution in [0.1, 0.15) is 45.4 Å². The maximum atomic E-state index is 9.25. The summed E-state index contributed by atoms with van der Waals surface area (Å²) < 4.78 is 6.20. The summed E-state index contributed by atoms with van der Waals surface area (Å²) in [4.78, 5) is 2.64. The lowest BCUT2D eigenvalue weighted by Crippen LogP contribution is -2.52. The highest BCUT2D eigenvalue weighted by Gasteiger charge is 2.42. The molecule has 0 amide bonds. The molecule has 3 aliphatic rings. The van der Waals surface area contributed by atoms with Gasteiger partial charge in [-0.25, -0.2) is 0 Å². The molecule has 0 radical (unpaired) electrons. The second-order valence-electron chi connectivity index (χ2n) is 7.00. The van der Waals surface area contributed by atoms with Gasteiger partial charge in [0.05, 0.1) is 17.1 Å². The first kappa shape index (κ1) is 14.7. The Morgan fingerprint density at radius 3 is 2.55 bits per heavy atom. The van der Waals surface area contributed by atoms with Crippen molar-refractivity contribution in [3.8, 4) is 6.07 Å². The van der Waals surface area contributed by atoms with Gasteiger partial charge >= 0.3 is 0 Å². The highest BCUT2D eigenvalue weighted by Crippen LogP contribution is 2.40. The summed E-state index contributed by atoms with van der Waals surface area (Å²) in [7, 11) is 0. The van der Waals surface area contributed by atoms with Crippen LogP contribution in [0.15, 0.2) is 0 Å². The van der Waals surface area contributed by atoms with Crippen LogP contribution in [0.3, 0.4) is 0 Å². The van der Waals surface area contributed by atoms with Gasteiger partial charge in [-0.3, -0.25) is 0 Å². The lowest BCUT2D eigenvalue weighted by molar-refractivity contribution is -0.114. The fourth-order valence-electron chi connectivity index (χ4n) is 3.90. The molecule has 0 aliphatic carbocycles. The standard InChI is InChI=1S/C16H26N2OS/c1-15(13-17)3-7-18(8-4-15)14-2-9-19-16(12-14)5-10-20-11-6-16/h14H,2-12H2,1H3. The predicted molar refractivity (Wildman–Crippen MR) is 82.8 cm³/mol. The molecule has 3 aliphatic heterocycles. The van der Waals surface area contributed by atoms with Crippen LogP contribution in [0.25, 0.3) is 0 Å². The fourth-order valence-corrected chi connectivity index (χ4v) is 5.14. The Balaban J connectivity index is 1.59. The average Bonchev–Trinajstić information content (AvgIpc) is 2.49. The van der Waals surface area contributed by atoms with Gasteiger partial charge in [0, 0.05) is 12.6 Å². The zero-order valence-electron chi connectivity index (χ0n) is 12.6. The van der Waals surface area contributed by atoms with Gasteiger partial charge in [0.1, 0.15) is 0 Å². The molecule has 3 nitrogen and oxygen atoms in total. The lowest BCUT2D eigenvalue weighted by atomic mass is 9.79. The molecule has 0 saturated carbocycles. The maximum Gasteiger partial charge on any atom is 0.0713 e. The van der Waals surface area contributed by atoms with Crippen LogP contribution >= 0.6 is 11.8 Å². The van der Waals surface area contributed by atoms with Crippen molar-refractivity contribution in [3.05, 3.63) is 0 Å². The van der Waals surface area contributed by atoms with E-state index in [0.29, 0.717) is 6.04 Å². The van der Waals surface area contributed by atoms with Crippen LogP contribution in [0, 0.1) is 16.7 Å². The topological polar surface area (TPSA) is 36.3 Å². The van der Waals surface area contributed by atoms with Crippen molar-refractivity contribution >= 4 is 11.8 Å². The minimum Gasteiger partial charge on any atom is -0.375 e. The first-order valence-corrected chi connectivity index (χ1v) is 9.17. The van der Waals surface area contributed by atoms with Crippen molar-refractivity contribution in [1.82, 2.24) is 4.90 Å². The van der Waals surface area contributed by atoms with Crippen molar-refractivity contribution in [2.24, 2.45) is 5.41 Å². The number of hydrogen-bond acceptors (Lipinski definition) is 4. The van der Waals surface area contributed by atoms with Crippen LogP contribution in [-0.4, -0.2) is 47.7 Å². The van der Waals surface area contributed by atoms with E-state index in [2.05, 4.69) is 29.7 Å². The van der Waals surface area contributed by atoms with Crippen molar-refractivity contribution in [3.63, 3.8) is 0 Å². The van der Waals surface area contributed by atoms with Crippen molar-refractivity contribution in [2.75, 3.05) is 31.2 Å². The molecule has 0 aromatic heterocycles. The van der Waals surface area contributed by atoms with Crippen LogP contribution in [0.2, 0.25) is 0 Å². The van der Waals surface area contributed by atoms with E-state index in [1.54, 1.807) is 0 Å². The number of ether oxygens (including phenoxy) is 1. The van der Waals surface area contributed by atoms with E-state index < -0.39 is 0 Å². The molecule has 3 fully saturated rings. The van der Waals surface area contributed by atoms with E-state index in [4.69, 9.17) is 4.74 Å². The quantitative estimate of drug-likeness (QED) is 0.745. The van der Waals surface area contributed by atoms with Crippen LogP contribution in [-0.2, 0) is 4.74 Å². The summed E-state index contributed by atoms with van der Waals surface area (Å²) in [6, 6.07) is 3.20. The third-order valence-electron chi connectivity index (χ3n) is 5.56. The Labute approximate surface area is 127 Å². The zero-order chi connectivity index (χ0) is 14.1. The molecule has 112 valence electrons. The van der Waals surface area contributed by atoms with Gasteiger partial charge in [-0.1, -0.05) is 0 Å². The lowest BCUT2D eigenvalue weighted by Gasteiger charge is -2.48. The summed E-state index contributed by atoms with van der Waals surface area (Å²) in [6.45, 7) is 5.24. The monoisotopic (exact) mass is 294 g/mol. The molecular formula is C16H26N2OS.